The van der Waals surface area contributed by atoms with Gasteiger partial charge in [-0.1, -0.05) is 0 Å². The molecule has 5 heteroatoms. The van der Waals surface area contributed by atoms with Crippen molar-refractivity contribution in [1.29, 1.82) is 0 Å². The minimum absolute atomic E-state index is 0.0173. The van der Waals surface area contributed by atoms with Crippen LogP contribution in [-0.2, 0) is 0 Å². The Bertz CT molecular complexity index is 303. The van der Waals surface area contributed by atoms with Crippen molar-refractivity contribution < 1.29 is 14.3 Å². The van der Waals surface area contributed by atoms with Crippen LogP contribution in [0.1, 0.15) is 23.3 Å². The molecule has 1 aliphatic carbocycles. The van der Waals surface area contributed by atoms with Crippen LogP contribution in [0.3, 0.4) is 0 Å². The van der Waals surface area contributed by atoms with Crippen molar-refractivity contribution in [2.24, 2.45) is 0 Å². The van der Waals surface area contributed by atoms with E-state index >= 15 is 0 Å². The summed E-state index contributed by atoms with van der Waals surface area (Å²) in [6.07, 6.45) is 4.14. The first-order chi connectivity index (χ1) is 6.26. The fourth-order valence-corrected chi connectivity index (χ4v) is 1.10. The summed E-state index contributed by atoms with van der Waals surface area (Å²) in [4.78, 5) is 15.1. The van der Waals surface area contributed by atoms with Gasteiger partial charge in [0.2, 0.25) is 0 Å². The first-order valence-electron chi connectivity index (χ1n) is 4.07. The number of aromatic nitrogens is 1. The molecule has 0 spiro atoms. The molecule has 2 rings (SSSR count). The van der Waals surface area contributed by atoms with Crippen molar-refractivity contribution in [2.75, 3.05) is 6.61 Å². The molecule has 13 heavy (non-hydrogen) atoms. The van der Waals surface area contributed by atoms with Crippen molar-refractivity contribution >= 4 is 5.91 Å². The Hall–Kier alpha value is -1.36. The highest BCUT2D eigenvalue weighted by atomic mass is 16.3. The molecule has 0 bridgehead atoms. The zero-order valence-corrected chi connectivity index (χ0v) is 6.99. The lowest BCUT2D eigenvalue weighted by molar-refractivity contribution is 0.0901. The second-order valence-corrected chi connectivity index (χ2v) is 3.27. The summed E-state index contributed by atoms with van der Waals surface area (Å²) in [7, 11) is 0. The van der Waals surface area contributed by atoms with E-state index in [1.165, 1.54) is 12.7 Å². The molecule has 1 aromatic rings. The van der Waals surface area contributed by atoms with Crippen LogP contribution in [-0.4, -0.2) is 28.1 Å². The highest BCUT2D eigenvalue weighted by molar-refractivity contribution is 5.92. The third-order valence-corrected chi connectivity index (χ3v) is 2.20. The average molecular weight is 182 g/mol. The third kappa shape index (κ3) is 1.55. The lowest BCUT2D eigenvalue weighted by Gasteiger charge is -2.12. The highest BCUT2D eigenvalue weighted by Gasteiger charge is 2.43. The largest absolute Gasteiger partial charge is 0.451 e. The van der Waals surface area contributed by atoms with Gasteiger partial charge >= 0.3 is 0 Å². The molecule has 1 saturated carbocycles. The minimum Gasteiger partial charge on any atom is -0.451 e. The van der Waals surface area contributed by atoms with E-state index in [1.54, 1.807) is 0 Å². The molecular weight excluding hydrogens is 172 g/mol. The number of nitrogens with one attached hydrogen (secondary N) is 1. The van der Waals surface area contributed by atoms with Crippen LogP contribution in [0.4, 0.5) is 0 Å². The number of oxazole rings is 1. The maximum absolute atomic E-state index is 11.4. The van der Waals surface area contributed by atoms with Gasteiger partial charge in [-0.2, -0.15) is 0 Å². The van der Waals surface area contributed by atoms with Crippen LogP contribution < -0.4 is 5.32 Å². The van der Waals surface area contributed by atoms with Gasteiger partial charge in [0.25, 0.3) is 5.91 Å². The van der Waals surface area contributed by atoms with Gasteiger partial charge in [-0.3, -0.25) is 4.79 Å². The summed E-state index contributed by atoms with van der Waals surface area (Å²) in [6.45, 7) is -0.0173. The molecule has 0 atom stereocenters. The van der Waals surface area contributed by atoms with Crippen LogP contribution in [0.15, 0.2) is 17.1 Å². The smallest absolute Gasteiger partial charge is 0.273 e. The molecule has 2 N–H and O–H groups in total. The van der Waals surface area contributed by atoms with Crippen LogP contribution >= 0.6 is 0 Å². The first kappa shape index (κ1) is 8.25. The quantitative estimate of drug-likeness (QED) is 0.686. The molecule has 0 radical (unpaired) electrons. The Labute approximate surface area is 74.8 Å². The molecular formula is C8H10N2O3. The Morgan fingerprint density at radius 3 is 3.00 bits per heavy atom. The summed E-state index contributed by atoms with van der Waals surface area (Å²) in [5.74, 6) is -0.291. The monoisotopic (exact) mass is 182 g/mol. The van der Waals surface area contributed by atoms with E-state index in [2.05, 4.69) is 14.7 Å². The van der Waals surface area contributed by atoms with Gasteiger partial charge in [0.05, 0.1) is 12.1 Å². The van der Waals surface area contributed by atoms with Crippen molar-refractivity contribution in [2.45, 2.75) is 18.4 Å². The summed E-state index contributed by atoms with van der Waals surface area (Å²) < 4.78 is 4.67. The third-order valence-electron chi connectivity index (χ3n) is 2.20. The van der Waals surface area contributed by atoms with Crippen molar-refractivity contribution in [1.82, 2.24) is 10.3 Å². The van der Waals surface area contributed by atoms with Gasteiger partial charge in [-0.25, -0.2) is 4.98 Å². The molecule has 0 unspecified atom stereocenters. The fourth-order valence-electron chi connectivity index (χ4n) is 1.10. The first-order valence-corrected chi connectivity index (χ1v) is 4.07. The molecule has 1 fully saturated rings. The Balaban J connectivity index is 2.00. The van der Waals surface area contributed by atoms with E-state index in [4.69, 9.17) is 5.11 Å². The van der Waals surface area contributed by atoms with Crippen molar-refractivity contribution in [3.05, 3.63) is 18.4 Å². The zero-order valence-electron chi connectivity index (χ0n) is 6.99. The van der Waals surface area contributed by atoms with E-state index in [0.717, 1.165) is 12.8 Å². The maximum Gasteiger partial charge on any atom is 0.273 e. The summed E-state index contributed by atoms with van der Waals surface area (Å²) in [5, 5.41) is 11.7. The number of carbonyl (C=O) groups excluding carboxylic acids is 1. The lowest BCUT2D eigenvalue weighted by atomic mass is 10.3. The molecule has 0 saturated heterocycles. The van der Waals surface area contributed by atoms with Gasteiger partial charge < -0.3 is 14.8 Å². The fraction of sp³-hybridized carbons (Fsp3) is 0.500. The predicted molar refractivity (Wildman–Crippen MR) is 43.0 cm³/mol. The average Bonchev–Trinajstić information content (AvgIpc) is 2.69. The number of amides is 1. The summed E-state index contributed by atoms with van der Waals surface area (Å²) in [6, 6.07) is 0. The number of nitrogens with zero attached hydrogens (tertiary/aromatic N) is 1. The standard InChI is InChI=1S/C8H10N2O3/c11-4-8(1-2-8)10-7(12)6-3-13-5-9-6/h3,5,11H,1-2,4H2,(H,10,12). The van der Waals surface area contributed by atoms with Gasteiger partial charge in [0.15, 0.2) is 12.1 Å². The molecule has 0 aliphatic heterocycles. The summed E-state index contributed by atoms with van der Waals surface area (Å²) in [5.41, 5.74) is -0.143. The van der Waals surface area contributed by atoms with Crippen LogP contribution in [0.5, 0.6) is 0 Å². The molecule has 1 heterocycles. The minimum atomic E-state index is -0.393. The molecule has 1 amide bonds. The van der Waals surface area contributed by atoms with E-state index in [1.807, 2.05) is 0 Å². The Morgan fingerprint density at radius 2 is 2.54 bits per heavy atom. The molecule has 1 aliphatic rings. The Kier molecular flexibility index (Phi) is 1.81. The second kappa shape index (κ2) is 2.85. The van der Waals surface area contributed by atoms with Gasteiger partial charge in [-0.15, -0.1) is 0 Å². The SMILES string of the molecule is O=C(NC1(CO)CC1)c1cocn1. The molecule has 0 aromatic carbocycles. The predicted octanol–water partition coefficient (Wildman–Crippen LogP) is -0.0707. The van der Waals surface area contributed by atoms with Crippen molar-refractivity contribution in [3.63, 3.8) is 0 Å². The van der Waals surface area contributed by atoms with Crippen LogP contribution in [0, 0.1) is 0 Å². The number of aliphatic hydroxyl groups is 1. The number of hydrogen-bond donors (Lipinski definition) is 2. The number of rotatable bonds is 3. The van der Waals surface area contributed by atoms with Crippen LogP contribution in [0.25, 0.3) is 0 Å². The maximum atomic E-state index is 11.4. The van der Waals surface area contributed by atoms with E-state index in [0.29, 0.717) is 0 Å². The topological polar surface area (TPSA) is 75.4 Å². The van der Waals surface area contributed by atoms with Crippen molar-refractivity contribution in [3.8, 4) is 0 Å². The normalized spacial score (nSPS) is 18.2. The van der Waals surface area contributed by atoms with Gasteiger partial charge in [0, 0.05) is 0 Å². The Morgan fingerprint density at radius 1 is 1.77 bits per heavy atom. The highest BCUT2D eigenvalue weighted by Crippen LogP contribution is 2.34. The lowest BCUT2D eigenvalue weighted by Crippen LogP contribution is -2.39. The molecule has 5 nitrogen and oxygen atoms in total. The molecule has 1 aromatic heterocycles. The van der Waals surface area contributed by atoms with Gasteiger partial charge in [0.1, 0.15) is 6.26 Å². The number of carbonyl (C=O) groups is 1. The van der Waals surface area contributed by atoms with E-state index < -0.39 is 5.54 Å². The van der Waals surface area contributed by atoms with E-state index in [-0.39, 0.29) is 18.2 Å². The second-order valence-electron chi connectivity index (χ2n) is 3.27. The van der Waals surface area contributed by atoms with Gasteiger partial charge in [-0.05, 0) is 12.8 Å². The number of hydrogen-bond acceptors (Lipinski definition) is 4. The number of aliphatic hydroxyl groups excluding tert-OH is 1. The summed E-state index contributed by atoms with van der Waals surface area (Å²) >= 11 is 0. The molecule has 70 valence electrons. The van der Waals surface area contributed by atoms with E-state index in [9.17, 15) is 4.79 Å². The zero-order chi connectivity index (χ0) is 9.31. The van der Waals surface area contributed by atoms with Crippen LogP contribution in [0.2, 0.25) is 0 Å².